The van der Waals surface area contributed by atoms with E-state index in [1.54, 1.807) is 54.6 Å². The third-order valence-corrected chi connectivity index (χ3v) is 5.69. The molecule has 6 nitrogen and oxygen atoms in total. The number of hydrogen-bond donors (Lipinski definition) is 1. The van der Waals surface area contributed by atoms with Crippen molar-refractivity contribution in [3.05, 3.63) is 82.7 Å². The van der Waals surface area contributed by atoms with Crippen LogP contribution in [0.2, 0.25) is 0 Å². The number of hydrazine groups is 1. The number of carbonyl (C=O) groups is 2. The van der Waals surface area contributed by atoms with E-state index >= 15 is 0 Å². The Morgan fingerprint density at radius 2 is 1.84 bits per heavy atom. The summed E-state index contributed by atoms with van der Waals surface area (Å²) in [6.07, 6.45) is 1.55. The van der Waals surface area contributed by atoms with E-state index in [2.05, 4.69) is 5.43 Å². The molecular formula is C22H15FN2O4S2. The van der Waals surface area contributed by atoms with Crippen LogP contribution in [0.5, 0.6) is 5.75 Å². The van der Waals surface area contributed by atoms with Crippen LogP contribution in [-0.4, -0.2) is 28.3 Å². The Morgan fingerprint density at radius 1 is 1.13 bits per heavy atom. The number of ether oxygens (including phenoxy) is 1. The van der Waals surface area contributed by atoms with E-state index in [-0.39, 0.29) is 10.1 Å². The first kappa shape index (κ1) is 20.8. The van der Waals surface area contributed by atoms with Gasteiger partial charge in [0.05, 0.1) is 12.0 Å². The van der Waals surface area contributed by atoms with Crippen LogP contribution in [0.15, 0.2) is 70.0 Å². The van der Waals surface area contributed by atoms with Gasteiger partial charge in [-0.15, -0.1) is 0 Å². The van der Waals surface area contributed by atoms with Crippen molar-refractivity contribution in [2.45, 2.75) is 0 Å². The smallest absolute Gasteiger partial charge is 0.285 e. The lowest BCUT2D eigenvalue weighted by atomic mass is 10.2. The molecule has 0 unspecified atom stereocenters. The summed E-state index contributed by atoms with van der Waals surface area (Å²) >= 11 is 6.29. The lowest BCUT2D eigenvalue weighted by Crippen LogP contribution is -2.44. The molecule has 9 heteroatoms. The number of furan rings is 1. The molecule has 1 N–H and O–H groups in total. The average molecular weight is 455 g/mol. The van der Waals surface area contributed by atoms with Gasteiger partial charge in [0, 0.05) is 17.2 Å². The molecule has 1 aliphatic heterocycles. The zero-order valence-electron chi connectivity index (χ0n) is 16.1. The maximum atomic E-state index is 13.1. The number of rotatable bonds is 5. The average Bonchev–Trinajstić information content (AvgIpc) is 3.34. The second-order valence-corrected chi connectivity index (χ2v) is 8.07. The number of halogens is 1. The van der Waals surface area contributed by atoms with Crippen LogP contribution in [0, 0.1) is 5.82 Å². The Morgan fingerprint density at radius 3 is 2.52 bits per heavy atom. The maximum Gasteiger partial charge on any atom is 0.285 e. The minimum atomic E-state index is -0.475. The van der Waals surface area contributed by atoms with Gasteiger partial charge in [-0.05, 0) is 72.9 Å². The number of thiocarbonyl (C=S) groups is 1. The largest absolute Gasteiger partial charge is 0.497 e. The summed E-state index contributed by atoms with van der Waals surface area (Å²) in [6.45, 7) is 0. The lowest BCUT2D eigenvalue weighted by Gasteiger charge is -2.15. The minimum absolute atomic E-state index is 0.198. The molecule has 2 aromatic carbocycles. The van der Waals surface area contributed by atoms with Crippen LogP contribution in [-0.2, 0) is 4.79 Å². The van der Waals surface area contributed by atoms with Crippen LogP contribution < -0.4 is 10.2 Å². The molecule has 1 aliphatic rings. The normalized spacial score (nSPS) is 14.9. The molecule has 1 saturated heterocycles. The van der Waals surface area contributed by atoms with E-state index in [0.29, 0.717) is 33.3 Å². The monoisotopic (exact) mass is 454 g/mol. The molecule has 0 bridgehead atoms. The van der Waals surface area contributed by atoms with Gasteiger partial charge in [-0.25, -0.2) is 4.39 Å². The first-order valence-electron chi connectivity index (χ1n) is 9.03. The van der Waals surface area contributed by atoms with Gasteiger partial charge >= 0.3 is 0 Å². The van der Waals surface area contributed by atoms with Gasteiger partial charge in [0.15, 0.2) is 4.32 Å². The molecule has 2 heterocycles. The third-order valence-electron chi connectivity index (χ3n) is 4.39. The lowest BCUT2D eigenvalue weighted by molar-refractivity contribution is -0.123. The van der Waals surface area contributed by atoms with Crippen molar-refractivity contribution in [1.82, 2.24) is 10.4 Å². The van der Waals surface area contributed by atoms with Gasteiger partial charge in [-0.2, -0.15) is 5.01 Å². The van der Waals surface area contributed by atoms with Gasteiger partial charge in [0.1, 0.15) is 23.1 Å². The predicted molar refractivity (Wildman–Crippen MR) is 120 cm³/mol. The van der Waals surface area contributed by atoms with Crippen LogP contribution in [0.1, 0.15) is 16.1 Å². The summed E-state index contributed by atoms with van der Waals surface area (Å²) in [4.78, 5) is 25.5. The van der Waals surface area contributed by atoms with E-state index in [9.17, 15) is 14.0 Å². The number of amides is 2. The Bertz CT molecular complexity index is 1190. The fraction of sp³-hybridized carbons (Fsp3) is 0.0455. The number of nitrogens with zero attached hydrogens (tertiary/aromatic N) is 1. The summed E-state index contributed by atoms with van der Waals surface area (Å²) in [5, 5.41) is 1.03. The van der Waals surface area contributed by atoms with Gasteiger partial charge < -0.3 is 9.15 Å². The third kappa shape index (κ3) is 4.52. The van der Waals surface area contributed by atoms with E-state index in [0.717, 1.165) is 16.8 Å². The minimum Gasteiger partial charge on any atom is -0.497 e. The number of methoxy groups -OCH3 is 1. The van der Waals surface area contributed by atoms with Crippen molar-refractivity contribution in [1.29, 1.82) is 0 Å². The van der Waals surface area contributed by atoms with Gasteiger partial charge in [0.2, 0.25) is 0 Å². The summed E-state index contributed by atoms with van der Waals surface area (Å²) in [6, 6.07) is 15.8. The Balaban J connectivity index is 1.48. The summed E-state index contributed by atoms with van der Waals surface area (Å²) in [5.74, 6) is 0.309. The SMILES string of the molecule is COc1ccc(C(=O)NN2C(=O)/C(=C/c3ccc(-c4ccc(F)cc4)o3)SC2=S)cc1. The zero-order chi connectivity index (χ0) is 22.0. The molecule has 1 aromatic heterocycles. The first-order chi connectivity index (χ1) is 14.9. The highest BCUT2D eigenvalue weighted by molar-refractivity contribution is 8.26. The topological polar surface area (TPSA) is 71.8 Å². The molecule has 2 amide bonds. The predicted octanol–water partition coefficient (Wildman–Crippen LogP) is 4.64. The highest BCUT2D eigenvalue weighted by atomic mass is 32.2. The Hall–Kier alpha value is -3.43. The fourth-order valence-corrected chi connectivity index (χ4v) is 3.96. The maximum absolute atomic E-state index is 13.1. The van der Waals surface area contributed by atoms with E-state index in [1.165, 1.54) is 19.2 Å². The zero-order valence-corrected chi connectivity index (χ0v) is 17.8. The molecule has 0 saturated carbocycles. The van der Waals surface area contributed by atoms with E-state index in [1.807, 2.05) is 0 Å². The van der Waals surface area contributed by atoms with Gasteiger partial charge in [-0.1, -0.05) is 11.8 Å². The van der Waals surface area contributed by atoms with Crippen molar-refractivity contribution >= 4 is 46.2 Å². The van der Waals surface area contributed by atoms with Crippen molar-refractivity contribution in [3.8, 4) is 17.1 Å². The van der Waals surface area contributed by atoms with Crippen molar-refractivity contribution in [3.63, 3.8) is 0 Å². The number of benzene rings is 2. The van der Waals surface area contributed by atoms with E-state index in [4.69, 9.17) is 21.4 Å². The second kappa shape index (κ2) is 8.75. The highest BCUT2D eigenvalue weighted by Crippen LogP contribution is 2.33. The van der Waals surface area contributed by atoms with Gasteiger partial charge in [0.25, 0.3) is 11.8 Å². The molecule has 0 aliphatic carbocycles. The summed E-state index contributed by atoms with van der Waals surface area (Å²) in [7, 11) is 1.53. The Labute approximate surface area is 186 Å². The molecule has 0 atom stereocenters. The molecule has 156 valence electrons. The molecule has 1 fully saturated rings. The quantitative estimate of drug-likeness (QED) is 0.447. The standard InChI is InChI=1S/C22H15FN2O4S2/c1-28-16-8-4-14(5-9-16)20(26)24-25-21(27)19(31-22(25)30)12-17-10-11-18(29-17)13-2-6-15(23)7-3-13/h2-12H,1H3,(H,24,26)/b19-12-. The van der Waals surface area contributed by atoms with Crippen LogP contribution in [0.3, 0.4) is 0 Å². The molecule has 4 rings (SSSR count). The van der Waals surface area contributed by atoms with Gasteiger partial charge in [-0.3, -0.25) is 15.0 Å². The van der Waals surface area contributed by atoms with Crippen LogP contribution in [0.4, 0.5) is 4.39 Å². The molecule has 0 spiro atoms. The summed E-state index contributed by atoms with van der Waals surface area (Å²) in [5.41, 5.74) is 3.58. The highest BCUT2D eigenvalue weighted by Gasteiger charge is 2.34. The van der Waals surface area contributed by atoms with Crippen molar-refractivity contribution < 1.29 is 23.1 Å². The van der Waals surface area contributed by atoms with Crippen LogP contribution >= 0.6 is 24.0 Å². The molecule has 0 radical (unpaired) electrons. The number of nitrogens with one attached hydrogen (secondary N) is 1. The number of thioether (sulfide) groups is 1. The Kier molecular flexibility index (Phi) is 5.88. The summed E-state index contributed by atoms with van der Waals surface area (Å²) < 4.78 is 24.1. The molecular weight excluding hydrogens is 439 g/mol. The van der Waals surface area contributed by atoms with E-state index < -0.39 is 11.8 Å². The fourth-order valence-electron chi connectivity index (χ4n) is 2.80. The molecule has 3 aromatic rings. The second-order valence-electron chi connectivity index (χ2n) is 6.40. The van der Waals surface area contributed by atoms with Crippen LogP contribution in [0.25, 0.3) is 17.4 Å². The number of hydrogen-bond acceptors (Lipinski definition) is 6. The molecule has 31 heavy (non-hydrogen) atoms. The van der Waals surface area contributed by atoms with Crippen molar-refractivity contribution in [2.24, 2.45) is 0 Å². The first-order valence-corrected chi connectivity index (χ1v) is 10.3. The number of carbonyl (C=O) groups excluding carboxylic acids is 2. The van der Waals surface area contributed by atoms with Crippen molar-refractivity contribution in [2.75, 3.05) is 7.11 Å².